The number of hydrogen-bond donors (Lipinski definition) is 3. The second-order valence-corrected chi connectivity index (χ2v) is 4.43. The predicted molar refractivity (Wildman–Crippen MR) is 52.4 cm³/mol. The van der Waals surface area contributed by atoms with Crippen molar-refractivity contribution in [3.05, 3.63) is 0 Å². The highest BCUT2D eigenvalue weighted by Gasteiger charge is 2.16. The summed E-state index contributed by atoms with van der Waals surface area (Å²) in [5.41, 5.74) is -0.621. The van der Waals surface area contributed by atoms with Gasteiger partial charge in [0.15, 0.2) is 0 Å². The van der Waals surface area contributed by atoms with Crippen molar-refractivity contribution in [2.75, 3.05) is 6.61 Å². The highest BCUT2D eigenvalue weighted by Crippen LogP contribution is 2.17. The molecule has 3 heteroatoms. The molecule has 2 unspecified atom stereocenters. The number of hydrogen-bond acceptors (Lipinski definition) is 3. The van der Waals surface area contributed by atoms with Crippen LogP contribution in [0.25, 0.3) is 0 Å². The topological polar surface area (TPSA) is 60.7 Å². The van der Waals surface area contributed by atoms with Gasteiger partial charge in [-0.05, 0) is 32.6 Å². The molecule has 3 N–H and O–H groups in total. The van der Waals surface area contributed by atoms with Gasteiger partial charge < -0.3 is 15.3 Å². The maximum absolute atomic E-state index is 9.41. The lowest BCUT2D eigenvalue weighted by Crippen LogP contribution is -2.23. The van der Waals surface area contributed by atoms with Crippen molar-refractivity contribution in [1.29, 1.82) is 0 Å². The molecule has 0 aromatic heterocycles. The molecule has 0 saturated heterocycles. The molecule has 0 aliphatic rings. The zero-order valence-corrected chi connectivity index (χ0v) is 8.82. The van der Waals surface area contributed by atoms with Crippen molar-refractivity contribution in [2.24, 2.45) is 5.92 Å². The lowest BCUT2D eigenvalue weighted by molar-refractivity contribution is 0.0399. The van der Waals surface area contributed by atoms with Gasteiger partial charge in [0, 0.05) is 0 Å². The van der Waals surface area contributed by atoms with Crippen molar-refractivity contribution in [3.8, 4) is 0 Å². The van der Waals surface area contributed by atoms with Crippen LogP contribution in [0.15, 0.2) is 0 Å². The largest absolute Gasteiger partial charge is 0.394 e. The second kappa shape index (κ2) is 5.58. The van der Waals surface area contributed by atoms with Crippen LogP contribution in [0.4, 0.5) is 0 Å². The van der Waals surface area contributed by atoms with Gasteiger partial charge in [-0.25, -0.2) is 0 Å². The Kier molecular flexibility index (Phi) is 5.53. The Morgan fingerprint density at radius 2 is 1.85 bits per heavy atom. The van der Waals surface area contributed by atoms with Gasteiger partial charge in [0.25, 0.3) is 0 Å². The molecule has 0 bridgehead atoms. The van der Waals surface area contributed by atoms with E-state index >= 15 is 0 Å². The fraction of sp³-hybridized carbons (Fsp3) is 1.00. The van der Waals surface area contributed by atoms with Gasteiger partial charge in [-0.1, -0.05) is 13.3 Å². The fourth-order valence-electron chi connectivity index (χ4n) is 1.23. The van der Waals surface area contributed by atoms with Gasteiger partial charge in [0.2, 0.25) is 0 Å². The van der Waals surface area contributed by atoms with Crippen LogP contribution < -0.4 is 0 Å². The van der Waals surface area contributed by atoms with Gasteiger partial charge in [-0.2, -0.15) is 0 Å². The molecule has 0 amide bonds. The third kappa shape index (κ3) is 6.99. The van der Waals surface area contributed by atoms with E-state index in [-0.39, 0.29) is 12.5 Å². The first-order valence-electron chi connectivity index (χ1n) is 4.88. The molecule has 0 rings (SSSR count). The Hall–Kier alpha value is -0.120. The second-order valence-electron chi connectivity index (χ2n) is 4.43. The molecular formula is C10H22O3. The molecule has 0 aromatic carbocycles. The molecule has 0 aliphatic carbocycles. The summed E-state index contributed by atoms with van der Waals surface area (Å²) in [6.45, 7) is 5.29. The Labute approximate surface area is 80.4 Å². The van der Waals surface area contributed by atoms with Gasteiger partial charge in [0.05, 0.1) is 18.3 Å². The Balaban J connectivity index is 3.53. The van der Waals surface area contributed by atoms with Crippen LogP contribution in [-0.2, 0) is 0 Å². The zero-order valence-electron chi connectivity index (χ0n) is 8.82. The third-order valence-corrected chi connectivity index (χ3v) is 2.29. The molecule has 0 aliphatic heterocycles. The third-order valence-electron chi connectivity index (χ3n) is 2.29. The van der Waals surface area contributed by atoms with Crippen LogP contribution in [0.2, 0.25) is 0 Å². The SMILES string of the molecule is CC(CCCC(C)(C)O)C(O)CO. The van der Waals surface area contributed by atoms with Crippen LogP contribution in [0.5, 0.6) is 0 Å². The van der Waals surface area contributed by atoms with E-state index in [0.717, 1.165) is 19.3 Å². The van der Waals surface area contributed by atoms with E-state index in [2.05, 4.69) is 0 Å². The average Bonchev–Trinajstić information content (AvgIpc) is 2.00. The smallest absolute Gasteiger partial charge is 0.0796 e. The number of aliphatic hydroxyl groups excluding tert-OH is 2. The van der Waals surface area contributed by atoms with Gasteiger partial charge >= 0.3 is 0 Å². The van der Waals surface area contributed by atoms with E-state index in [1.54, 1.807) is 13.8 Å². The summed E-state index contributed by atoms with van der Waals surface area (Å²) in [6, 6.07) is 0. The first kappa shape index (κ1) is 12.9. The minimum atomic E-state index is -0.623. The van der Waals surface area contributed by atoms with Crippen LogP contribution in [0, 0.1) is 5.92 Å². The zero-order chi connectivity index (χ0) is 10.5. The lowest BCUT2D eigenvalue weighted by Gasteiger charge is -2.20. The maximum Gasteiger partial charge on any atom is 0.0796 e. The molecule has 80 valence electrons. The first-order chi connectivity index (χ1) is 5.87. The summed E-state index contributed by atoms with van der Waals surface area (Å²) in [4.78, 5) is 0. The quantitative estimate of drug-likeness (QED) is 0.583. The molecule has 13 heavy (non-hydrogen) atoms. The van der Waals surface area contributed by atoms with E-state index in [1.165, 1.54) is 0 Å². The van der Waals surface area contributed by atoms with Crippen LogP contribution in [-0.4, -0.2) is 33.6 Å². The molecule has 0 saturated carbocycles. The average molecular weight is 190 g/mol. The van der Waals surface area contributed by atoms with E-state index in [4.69, 9.17) is 5.11 Å². The number of rotatable bonds is 6. The normalized spacial score (nSPS) is 17.1. The summed E-state index contributed by atoms with van der Waals surface area (Å²) in [6.07, 6.45) is 1.82. The van der Waals surface area contributed by atoms with E-state index in [0.29, 0.717) is 0 Å². The standard InChI is InChI=1S/C10H22O3/c1-8(9(12)7-11)5-4-6-10(2,3)13/h8-9,11-13H,4-7H2,1-3H3. The van der Waals surface area contributed by atoms with Crippen molar-refractivity contribution in [2.45, 2.75) is 51.7 Å². The fourth-order valence-corrected chi connectivity index (χ4v) is 1.23. The van der Waals surface area contributed by atoms with E-state index in [1.807, 2.05) is 6.92 Å². The predicted octanol–water partition coefficient (Wildman–Crippen LogP) is 0.917. The molecule has 0 radical (unpaired) electrons. The molecule has 0 aromatic rings. The van der Waals surface area contributed by atoms with Gasteiger partial charge in [-0.3, -0.25) is 0 Å². The Morgan fingerprint density at radius 3 is 2.23 bits per heavy atom. The van der Waals surface area contributed by atoms with Gasteiger partial charge in [-0.15, -0.1) is 0 Å². The Morgan fingerprint density at radius 1 is 1.31 bits per heavy atom. The van der Waals surface area contributed by atoms with Crippen LogP contribution >= 0.6 is 0 Å². The summed E-state index contributed by atoms with van der Waals surface area (Å²) >= 11 is 0. The Bertz CT molecular complexity index is 129. The first-order valence-corrected chi connectivity index (χ1v) is 4.88. The summed E-state index contributed by atoms with van der Waals surface area (Å²) in [5, 5.41) is 27.3. The molecule has 3 nitrogen and oxygen atoms in total. The molecule has 0 fully saturated rings. The highest BCUT2D eigenvalue weighted by atomic mass is 16.3. The van der Waals surface area contributed by atoms with Crippen molar-refractivity contribution in [3.63, 3.8) is 0 Å². The lowest BCUT2D eigenvalue weighted by atomic mass is 9.94. The van der Waals surface area contributed by atoms with Crippen molar-refractivity contribution in [1.82, 2.24) is 0 Å². The van der Waals surface area contributed by atoms with Crippen molar-refractivity contribution < 1.29 is 15.3 Å². The van der Waals surface area contributed by atoms with Crippen LogP contribution in [0.1, 0.15) is 40.0 Å². The van der Waals surface area contributed by atoms with Gasteiger partial charge in [0.1, 0.15) is 0 Å². The molecule has 0 heterocycles. The van der Waals surface area contributed by atoms with E-state index in [9.17, 15) is 10.2 Å². The summed E-state index contributed by atoms with van der Waals surface area (Å²) in [5.74, 6) is 0.104. The summed E-state index contributed by atoms with van der Waals surface area (Å²) < 4.78 is 0. The molecule has 2 atom stereocenters. The van der Waals surface area contributed by atoms with Crippen LogP contribution in [0.3, 0.4) is 0 Å². The molecule has 0 spiro atoms. The monoisotopic (exact) mass is 190 g/mol. The van der Waals surface area contributed by atoms with E-state index < -0.39 is 11.7 Å². The highest BCUT2D eigenvalue weighted by molar-refractivity contribution is 4.68. The maximum atomic E-state index is 9.41. The molecular weight excluding hydrogens is 168 g/mol. The number of aliphatic hydroxyl groups is 3. The minimum Gasteiger partial charge on any atom is -0.394 e. The summed E-state index contributed by atoms with van der Waals surface area (Å²) in [7, 11) is 0. The minimum absolute atomic E-state index is 0.104. The van der Waals surface area contributed by atoms with Crippen molar-refractivity contribution >= 4 is 0 Å².